The van der Waals surface area contributed by atoms with Crippen LogP contribution in [0.15, 0.2) is 0 Å². The minimum absolute atomic E-state index is 0.0862. The van der Waals surface area contributed by atoms with Gasteiger partial charge in [-0.25, -0.2) is 0 Å². The Morgan fingerprint density at radius 1 is 1.44 bits per heavy atom. The molecule has 0 radical (unpaired) electrons. The average molecular weight is 256 g/mol. The van der Waals surface area contributed by atoms with Gasteiger partial charge in [-0.05, 0) is 39.0 Å². The van der Waals surface area contributed by atoms with Crippen molar-refractivity contribution >= 4 is 5.91 Å². The molecule has 3 unspecified atom stereocenters. The van der Waals surface area contributed by atoms with Gasteiger partial charge >= 0.3 is 0 Å². The van der Waals surface area contributed by atoms with Crippen LogP contribution in [0.25, 0.3) is 0 Å². The number of carbonyl (C=O) groups excluding carboxylic acids is 1. The van der Waals surface area contributed by atoms with E-state index in [9.17, 15) is 4.79 Å². The highest BCUT2D eigenvalue weighted by Gasteiger charge is 2.30. The lowest BCUT2D eigenvalue weighted by atomic mass is 10.00. The first-order valence-corrected chi connectivity index (χ1v) is 7.23. The summed E-state index contributed by atoms with van der Waals surface area (Å²) in [5, 5.41) is 9.02. The molecule has 1 saturated heterocycles. The van der Waals surface area contributed by atoms with Crippen LogP contribution in [-0.4, -0.2) is 41.1 Å². The first-order valence-electron chi connectivity index (χ1n) is 7.23. The van der Waals surface area contributed by atoms with Gasteiger partial charge in [0.15, 0.2) is 0 Å². The van der Waals surface area contributed by atoms with Crippen molar-refractivity contribution in [2.75, 3.05) is 13.2 Å². The van der Waals surface area contributed by atoms with Gasteiger partial charge in [-0.3, -0.25) is 4.79 Å². The third kappa shape index (κ3) is 4.58. The van der Waals surface area contributed by atoms with Gasteiger partial charge in [0.2, 0.25) is 5.91 Å². The van der Waals surface area contributed by atoms with E-state index in [1.54, 1.807) is 0 Å². The molecule has 1 aliphatic heterocycles. The lowest BCUT2D eigenvalue weighted by Gasteiger charge is -2.27. The zero-order chi connectivity index (χ0) is 13.5. The number of nitrogens with zero attached hydrogens (tertiary/aromatic N) is 1. The number of hydrogen-bond donors (Lipinski definition) is 2. The van der Waals surface area contributed by atoms with E-state index in [0.29, 0.717) is 0 Å². The van der Waals surface area contributed by atoms with E-state index < -0.39 is 0 Å². The highest BCUT2D eigenvalue weighted by Crippen LogP contribution is 2.23. The highest BCUT2D eigenvalue weighted by molar-refractivity contribution is 5.79. The zero-order valence-electron chi connectivity index (χ0n) is 11.8. The molecular formula is C14H28N2O2. The normalized spacial score (nSPS) is 23.1. The number of hydrogen-bond acceptors (Lipinski definition) is 3. The first kappa shape index (κ1) is 15.4. The summed E-state index contributed by atoms with van der Waals surface area (Å²) < 4.78 is 0. The average Bonchev–Trinajstić information content (AvgIpc) is 2.76. The van der Waals surface area contributed by atoms with Crippen molar-refractivity contribution in [2.24, 2.45) is 11.7 Å². The molecule has 1 amide bonds. The molecule has 1 aliphatic rings. The minimum Gasteiger partial charge on any atom is -0.396 e. The lowest BCUT2D eigenvalue weighted by Crippen LogP contribution is -2.39. The van der Waals surface area contributed by atoms with Crippen LogP contribution in [0.5, 0.6) is 0 Å². The molecule has 1 heterocycles. The number of rotatable bonds is 7. The summed E-state index contributed by atoms with van der Waals surface area (Å²) in [6.07, 6.45) is 5.75. The molecule has 0 aliphatic carbocycles. The van der Waals surface area contributed by atoms with Crippen LogP contribution in [0, 0.1) is 5.92 Å². The molecule has 3 N–H and O–H groups in total. The lowest BCUT2D eigenvalue weighted by molar-refractivity contribution is -0.136. The summed E-state index contributed by atoms with van der Waals surface area (Å²) in [5.41, 5.74) is 5.72. The molecule has 18 heavy (non-hydrogen) atoms. The Balaban J connectivity index is 2.37. The van der Waals surface area contributed by atoms with Crippen molar-refractivity contribution in [3.8, 4) is 0 Å². The van der Waals surface area contributed by atoms with Crippen LogP contribution < -0.4 is 5.73 Å². The van der Waals surface area contributed by atoms with E-state index in [1.165, 1.54) is 0 Å². The molecule has 3 atom stereocenters. The van der Waals surface area contributed by atoms with Crippen LogP contribution in [0.4, 0.5) is 0 Å². The highest BCUT2D eigenvalue weighted by atomic mass is 16.3. The van der Waals surface area contributed by atoms with Gasteiger partial charge < -0.3 is 15.7 Å². The van der Waals surface area contributed by atoms with Crippen molar-refractivity contribution in [3.63, 3.8) is 0 Å². The van der Waals surface area contributed by atoms with Gasteiger partial charge in [0.05, 0.1) is 0 Å². The fraction of sp³-hybridized carbons (Fsp3) is 0.929. The van der Waals surface area contributed by atoms with Crippen LogP contribution in [-0.2, 0) is 4.79 Å². The molecule has 0 aromatic carbocycles. The van der Waals surface area contributed by atoms with Crippen LogP contribution in [0.2, 0.25) is 0 Å². The molecule has 1 rings (SSSR count). The summed E-state index contributed by atoms with van der Waals surface area (Å²) in [7, 11) is 0. The van der Waals surface area contributed by atoms with Crippen molar-refractivity contribution in [2.45, 2.75) is 64.5 Å². The fourth-order valence-corrected chi connectivity index (χ4v) is 2.73. The number of nitrogens with two attached hydrogens (primary N) is 1. The smallest absolute Gasteiger partial charge is 0.225 e. The van der Waals surface area contributed by atoms with E-state index in [-0.39, 0.29) is 30.5 Å². The molecule has 0 aromatic rings. The van der Waals surface area contributed by atoms with Crippen molar-refractivity contribution in [1.29, 1.82) is 0 Å². The quantitative estimate of drug-likeness (QED) is 0.725. The predicted molar refractivity (Wildman–Crippen MR) is 73.1 cm³/mol. The third-order valence-corrected chi connectivity index (χ3v) is 3.84. The van der Waals surface area contributed by atoms with E-state index in [1.807, 2.05) is 18.7 Å². The number of likely N-dealkylation sites (tertiary alicyclic amines) is 1. The van der Waals surface area contributed by atoms with Crippen molar-refractivity contribution in [3.05, 3.63) is 0 Å². The summed E-state index contributed by atoms with van der Waals surface area (Å²) in [5.74, 6) is 0.346. The Morgan fingerprint density at radius 2 is 2.17 bits per heavy atom. The second-order valence-electron chi connectivity index (χ2n) is 5.65. The van der Waals surface area contributed by atoms with E-state index in [2.05, 4.69) is 0 Å². The van der Waals surface area contributed by atoms with Crippen LogP contribution in [0.1, 0.15) is 52.4 Å². The summed E-state index contributed by atoms with van der Waals surface area (Å²) >= 11 is 0. The first-order chi connectivity index (χ1) is 8.56. The maximum Gasteiger partial charge on any atom is 0.225 e. The second-order valence-corrected chi connectivity index (χ2v) is 5.65. The Bertz CT molecular complexity index is 256. The topological polar surface area (TPSA) is 66.6 Å². The number of carbonyl (C=O) groups is 1. The van der Waals surface area contributed by atoms with E-state index >= 15 is 0 Å². The minimum atomic E-state index is 0.0862. The predicted octanol–water partition coefficient (Wildman–Crippen LogP) is 1.51. The monoisotopic (exact) mass is 256 g/mol. The number of amides is 1. The molecule has 0 bridgehead atoms. The zero-order valence-corrected chi connectivity index (χ0v) is 11.8. The fourth-order valence-electron chi connectivity index (χ4n) is 2.73. The van der Waals surface area contributed by atoms with E-state index in [4.69, 9.17) is 10.8 Å². The van der Waals surface area contributed by atoms with Gasteiger partial charge in [-0.1, -0.05) is 13.3 Å². The maximum absolute atomic E-state index is 12.3. The Labute approximate surface area is 111 Å². The molecular weight excluding hydrogens is 228 g/mol. The maximum atomic E-state index is 12.3. The van der Waals surface area contributed by atoms with Gasteiger partial charge in [-0.15, -0.1) is 0 Å². The summed E-state index contributed by atoms with van der Waals surface area (Å²) in [4.78, 5) is 14.3. The molecule has 106 valence electrons. The van der Waals surface area contributed by atoms with Gasteiger partial charge in [0, 0.05) is 31.2 Å². The molecule has 0 spiro atoms. The van der Waals surface area contributed by atoms with Crippen molar-refractivity contribution in [1.82, 2.24) is 4.90 Å². The van der Waals surface area contributed by atoms with Crippen LogP contribution in [0.3, 0.4) is 0 Å². The molecule has 4 heteroatoms. The van der Waals surface area contributed by atoms with Gasteiger partial charge in [0.25, 0.3) is 0 Å². The summed E-state index contributed by atoms with van der Waals surface area (Å²) in [6, 6.07) is 0.486. The van der Waals surface area contributed by atoms with Gasteiger partial charge in [0.1, 0.15) is 0 Å². The standard InChI is InChI=1S/C14H28N2O2/c1-11(5-3-6-12(2)15)14(18)16-9-4-7-13(16)8-10-17/h11-13,17H,3-10,15H2,1-2H3. The number of aliphatic hydroxyl groups excluding tert-OH is 1. The summed E-state index contributed by atoms with van der Waals surface area (Å²) in [6.45, 7) is 5.05. The molecule has 0 aromatic heterocycles. The molecule has 4 nitrogen and oxygen atoms in total. The Morgan fingerprint density at radius 3 is 2.78 bits per heavy atom. The largest absolute Gasteiger partial charge is 0.396 e. The number of aliphatic hydroxyl groups is 1. The third-order valence-electron chi connectivity index (χ3n) is 3.84. The SMILES string of the molecule is CC(N)CCCC(C)C(=O)N1CCCC1CCO. The van der Waals surface area contributed by atoms with E-state index in [0.717, 1.165) is 45.1 Å². The Hall–Kier alpha value is -0.610. The second kappa shape index (κ2) is 7.74. The van der Waals surface area contributed by atoms with Gasteiger partial charge in [-0.2, -0.15) is 0 Å². The Kier molecular flexibility index (Phi) is 6.65. The molecule has 0 saturated carbocycles. The van der Waals surface area contributed by atoms with Crippen molar-refractivity contribution < 1.29 is 9.90 Å². The molecule has 1 fully saturated rings. The van der Waals surface area contributed by atoms with Crippen LogP contribution >= 0.6 is 0 Å².